The molecular formula is C85H162O17P2. The van der Waals surface area contributed by atoms with Crippen LogP contribution in [0.2, 0.25) is 0 Å². The second kappa shape index (κ2) is 78.7. The lowest BCUT2D eigenvalue weighted by atomic mass is 10.0. The standard InChI is InChI=1S/C85H162O17P2/c1-5-9-13-17-21-25-29-33-36-38-39-40-41-44-48-52-56-60-64-68-72-85(90)102-81(76-96-83(88)70-66-62-58-54-50-46-43-37-34-30-26-22-18-14-10-6-2)78-100-104(93,94)98-74-79(86)73-97-103(91,92)99-77-80(75-95-82(87)69-65-61-57-53-49-45-32-28-24-20-16-12-8-4)101-84(89)71-67-63-59-55-51-47-42-35-31-27-23-19-15-11-7-3/h27,31,35,42,79-81,86H,5-26,28-30,32-34,36-41,43-78H2,1-4H3,(H,91,92)(H,93,94)/b31-27-,42-35-/t79-,80+,81+/m0/s1. The average Bonchev–Trinajstić information content (AvgIpc) is 0.919. The molecule has 17 nitrogen and oxygen atoms in total. The van der Waals surface area contributed by atoms with Crippen LogP contribution in [-0.4, -0.2) is 96.7 Å². The highest BCUT2D eigenvalue weighted by Gasteiger charge is 2.30. The molecule has 0 aromatic rings. The Labute approximate surface area is 637 Å². The molecule has 0 rings (SSSR count). The number of phosphoric ester groups is 2. The number of aliphatic hydroxyl groups excluding tert-OH is 1. The SMILES string of the molecule is CCCCCC/C=C\C=C/CCCCCCCC(=O)O[C@H](COC(=O)CCCCCCCCCCCCCCC)COP(=O)(O)OC[C@H](O)COP(=O)(O)OC[C@@H](COC(=O)CCCCCCCCCCCCCCCCCC)OC(=O)CCCCCCCCCCCCCCCCCCCCCC. The van der Waals surface area contributed by atoms with Crippen molar-refractivity contribution in [3.8, 4) is 0 Å². The molecule has 5 atom stereocenters. The summed E-state index contributed by atoms with van der Waals surface area (Å²) >= 11 is 0. The van der Waals surface area contributed by atoms with Crippen LogP contribution in [0.1, 0.15) is 439 Å². The maximum absolute atomic E-state index is 13.1. The average molecular weight is 1520 g/mol. The summed E-state index contributed by atoms with van der Waals surface area (Å²) in [7, 11) is -9.94. The van der Waals surface area contributed by atoms with Crippen LogP contribution in [0.15, 0.2) is 24.3 Å². The Morgan fingerprint density at radius 2 is 0.462 bits per heavy atom. The van der Waals surface area contributed by atoms with Gasteiger partial charge in [-0.2, -0.15) is 0 Å². The minimum absolute atomic E-state index is 0.0861. The summed E-state index contributed by atoms with van der Waals surface area (Å²) in [5.74, 6) is -2.13. The number of esters is 4. The normalized spacial score (nSPS) is 13.9. The molecule has 0 radical (unpaired) electrons. The van der Waals surface area contributed by atoms with Crippen LogP contribution in [0.25, 0.3) is 0 Å². The third-order valence-corrected chi connectivity index (χ3v) is 21.4. The van der Waals surface area contributed by atoms with Gasteiger partial charge in [0.2, 0.25) is 0 Å². The number of carbonyl (C=O) groups excluding carboxylic acids is 4. The van der Waals surface area contributed by atoms with Gasteiger partial charge >= 0.3 is 39.5 Å². The lowest BCUT2D eigenvalue weighted by molar-refractivity contribution is -0.161. The van der Waals surface area contributed by atoms with Gasteiger partial charge in [-0.1, -0.05) is 386 Å². The first kappa shape index (κ1) is 102. The molecule has 0 heterocycles. The Morgan fingerprint density at radius 1 is 0.269 bits per heavy atom. The van der Waals surface area contributed by atoms with Crippen LogP contribution in [0.5, 0.6) is 0 Å². The molecule has 0 saturated heterocycles. The summed E-state index contributed by atoms with van der Waals surface area (Å²) < 4.78 is 68.8. The summed E-state index contributed by atoms with van der Waals surface area (Å²) in [5.41, 5.74) is 0. The van der Waals surface area contributed by atoms with Crippen LogP contribution in [-0.2, 0) is 65.4 Å². The first-order chi connectivity index (χ1) is 50.7. The van der Waals surface area contributed by atoms with E-state index in [1.54, 1.807) is 0 Å². The molecule has 0 spiro atoms. The number of hydrogen-bond acceptors (Lipinski definition) is 15. The Bertz CT molecular complexity index is 2060. The highest BCUT2D eigenvalue weighted by Crippen LogP contribution is 2.45. The van der Waals surface area contributed by atoms with Crippen LogP contribution in [0, 0.1) is 0 Å². The van der Waals surface area contributed by atoms with Crippen molar-refractivity contribution in [2.45, 2.75) is 457 Å². The van der Waals surface area contributed by atoms with Crippen LogP contribution in [0.3, 0.4) is 0 Å². The summed E-state index contributed by atoms with van der Waals surface area (Å²) in [4.78, 5) is 73.2. The summed E-state index contributed by atoms with van der Waals surface area (Å²) in [6.45, 7) is 4.99. The quantitative estimate of drug-likeness (QED) is 0.0169. The number of allylic oxidation sites excluding steroid dienone is 4. The van der Waals surface area contributed by atoms with Crippen LogP contribution in [0.4, 0.5) is 0 Å². The van der Waals surface area contributed by atoms with E-state index in [0.29, 0.717) is 25.7 Å². The lowest BCUT2D eigenvalue weighted by Crippen LogP contribution is -2.30. The predicted molar refractivity (Wildman–Crippen MR) is 428 cm³/mol. The molecule has 104 heavy (non-hydrogen) atoms. The minimum atomic E-state index is -4.97. The number of rotatable bonds is 84. The number of phosphoric acid groups is 2. The highest BCUT2D eigenvalue weighted by molar-refractivity contribution is 7.47. The zero-order valence-corrected chi connectivity index (χ0v) is 69.3. The lowest BCUT2D eigenvalue weighted by Gasteiger charge is -2.21. The number of hydrogen-bond donors (Lipinski definition) is 3. The molecule has 0 saturated carbocycles. The van der Waals surface area contributed by atoms with Gasteiger partial charge in [-0.15, -0.1) is 0 Å². The molecule has 0 aromatic heterocycles. The molecule has 0 bridgehead atoms. The highest BCUT2D eigenvalue weighted by atomic mass is 31.2. The first-order valence-electron chi connectivity index (χ1n) is 43.6. The molecule has 0 aliphatic heterocycles. The van der Waals surface area contributed by atoms with Gasteiger partial charge in [0, 0.05) is 25.7 Å². The smallest absolute Gasteiger partial charge is 0.462 e. The molecule has 0 aliphatic carbocycles. The van der Waals surface area contributed by atoms with Gasteiger partial charge in [0.25, 0.3) is 0 Å². The van der Waals surface area contributed by atoms with E-state index in [-0.39, 0.29) is 25.7 Å². The Kier molecular flexibility index (Phi) is 76.8. The third-order valence-electron chi connectivity index (χ3n) is 19.5. The minimum Gasteiger partial charge on any atom is -0.462 e. The van der Waals surface area contributed by atoms with Gasteiger partial charge in [0.05, 0.1) is 26.4 Å². The van der Waals surface area contributed by atoms with Crippen molar-refractivity contribution in [2.24, 2.45) is 0 Å². The van der Waals surface area contributed by atoms with Crippen molar-refractivity contribution in [3.63, 3.8) is 0 Å². The van der Waals surface area contributed by atoms with E-state index < -0.39 is 97.5 Å². The van der Waals surface area contributed by atoms with Crippen molar-refractivity contribution in [1.29, 1.82) is 0 Å². The monoisotopic (exact) mass is 1520 g/mol. The van der Waals surface area contributed by atoms with Crippen molar-refractivity contribution < 1.29 is 80.2 Å². The Morgan fingerprint density at radius 3 is 0.702 bits per heavy atom. The topological polar surface area (TPSA) is 237 Å². The fourth-order valence-corrected chi connectivity index (χ4v) is 14.4. The van der Waals surface area contributed by atoms with E-state index in [0.717, 1.165) is 103 Å². The fourth-order valence-electron chi connectivity index (χ4n) is 12.8. The zero-order chi connectivity index (χ0) is 76.0. The van der Waals surface area contributed by atoms with E-state index in [1.165, 1.54) is 257 Å². The second-order valence-corrected chi connectivity index (χ2v) is 32.8. The Balaban J connectivity index is 5.28. The number of unbranched alkanes of at least 4 members (excludes halogenated alkanes) is 55. The van der Waals surface area contributed by atoms with Crippen molar-refractivity contribution in [3.05, 3.63) is 24.3 Å². The fraction of sp³-hybridized carbons (Fsp3) is 0.906. The Hall–Kier alpha value is -2.46. The molecule has 3 N–H and O–H groups in total. The third kappa shape index (κ3) is 77.7. The van der Waals surface area contributed by atoms with Gasteiger partial charge in [-0.25, -0.2) is 9.13 Å². The van der Waals surface area contributed by atoms with Gasteiger partial charge in [0.15, 0.2) is 12.2 Å². The summed E-state index contributed by atoms with van der Waals surface area (Å²) in [5, 5.41) is 10.7. The molecule has 19 heteroatoms. The number of ether oxygens (including phenoxy) is 4. The molecular weight excluding hydrogens is 1350 g/mol. The van der Waals surface area contributed by atoms with Gasteiger partial charge in [-0.05, 0) is 51.4 Å². The number of aliphatic hydroxyl groups is 1. The number of carbonyl (C=O) groups is 4. The van der Waals surface area contributed by atoms with E-state index in [2.05, 4.69) is 52.0 Å². The summed E-state index contributed by atoms with van der Waals surface area (Å²) in [6, 6.07) is 0. The van der Waals surface area contributed by atoms with Crippen LogP contribution >= 0.6 is 15.6 Å². The van der Waals surface area contributed by atoms with Crippen molar-refractivity contribution in [2.75, 3.05) is 39.6 Å². The molecule has 0 amide bonds. The van der Waals surface area contributed by atoms with E-state index in [9.17, 15) is 43.2 Å². The molecule has 0 aliphatic rings. The van der Waals surface area contributed by atoms with Gasteiger partial charge in [-0.3, -0.25) is 37.3 Å². The zero-order valence-electron chi connectivity index (χ0n) is 67.5. The molecule has 0 aromatic carbocycles. The van der Waals surface area contributed by atoms with Crippen molar-refractivity contribution in [1.82, 2.24) is 0 Å². The van der Waals surface area contributed by atoms with Gasteiger partial charge < -0.3 is 33.8 Å². The first-order valence-corrected chi connectivity index (χ1v) is 46.6. The molecule has 614 valence electrons. The molecule has 0 fully saturated rings. The predicted octanol–water partition coefficient (Wildman–Crippen LogP) is 25.7. The maximum atomic E-state index is 13.1. The maximum Gasteiger partial charge on any atom is 0.472 e. The molecule has 2 unspecified atom stereocenters. The van der Waals surface area contributed by atoms with E-state index >= 15 is 0 Å². The van der Waals surface area contributed by atoms with Gasteiger partial charge in [0.1, 0.15) is 19.3 Å². The largest absolute Gasteiger partial charge is 0.472 e. The van der Waals surface area contributed by atoms with E-state index in [1.807, 2.05) is 0 Å². The second-order valence-electron chi connectivity index (χ2n) is 29.9. The van der Waals surface area contributed by atoms with Crippen molar-refractivity contribution >= 4 is 39.5 Å². The van der Waals surface area contributed by atoms with E-state index in [4.69, 9.17) is 37.0 Å². The van der Waals surface area contributed by atoms with Crippen LogP contribution < -0.4 is 0 Å². The summed E-state index contributed by atoms with van der Waals surface area (Å²) in [6.07, 6.45) is 75.7.